The Hall–Kier alpha value is 0.588. The summed E-state index contributed by atoms with van der Waals surface area (Å²) in [6.07, 6.45) is 0. The van der Waals surface area contributed by atoms with E-state index in [0.29, 0.717) is 10.8 Å². The molecular weight excluding hydrogens is 371 g/mol. The van der Waals surface area contributed by atoms with Crippen LogP contribution in [-0.4, -0.2) is 29.0 Å². The van der Waals surface area contributed by atoms with Gasteiger partial charge in [0.15, 0.2) is 4.34 Å². The molecule has 0 aliphatic carbocycles. The Morgan fingerprint density at radius 3 is 2.80 bits per heavy atom. The van der Waals surface area contributed by atoms with Crippen molar-refractivity contribution in [1.82, 2.24) is 10.2 Å². The van der Waals surface area contributed by atoms with Crippen molar-refractivity contribution in [3.05, 3.63) is 11.9 Å². The van der Waals surface area contributed by atoms with Gasteiger partial charge < -0.3 is 11.7 Å². The monoisotopic (exact) mass is 383 g/mol. The fourth-order valence-electron chi connectivity index (χ4n) is 0.762. The summed E-state index contributed by atoms with van der Waals surface area (Å²) in [5.74, 6) is 0.334. The van der Waals surface area contributed by atoms with Gasteiger partial charge in [-0.1, -0.05) is 18.7 Å². The third kappa shape index (κ3) is 5.45. The van der Waals surface area contributed by atoms with Crippen molar-refractivity contribution in [3.8, 4) is 0 Å². The maximum atomic E-state index is 11.1. The van der Waals surface area contributed by atoms with Crippen LogP contribution in [0.3, 0.4) is 0 Å². The standard InChI is InChI=1S/C8H11N2O2S2.Sm/c1-5(7(11)12-3)4-13-8-10-9-6(2)14-8;/h5H,2,4H2,1,3H3;/q-1;. The van der Waals surface area contributed by atoms with Crippen molar-refractivity contribution < 1.29 is 49.9 Å². The maximum absolute atomic E-state index is 11.1. The summed E-state index contributed by atoms with van der Waals surface area (Å²) in [5.41, 5.74) is 0. The molecule has 0 saturated heterocycles. The van der Waals surface area contributed by atoms with E-state index in [4.69, 9.17) is 0 Å². The molecule has 0 saturated carbocycles. The van der Waals surface area contributed by atoms with Crippen molar-refractivity contribution in [2.45, 2.75) is 11.3 Å². The van der Waals surface area contributed by atoms with Gasteiger partial charge in [-0.05, 0) is 5.01 Å². The minimum atomic E-state index is -0.197. The second-order valence-electron chi connectivity index (χ2n) is 2.70. The van der Waals surface area contributed by atoms with E-state index in [1.807, 2.05) is 6.92 Å². The molecule has 0 spiro atoms. The van der Waals surface area contributed by atoms with Crippen LogP contribution in [0.4, 0.5) is 0 Å². The summed E-state index contributed by atoms with van der Waals surface area (Å²) in [5, 5.41) is 8.36. The molecule has 0 fully saturated rings. The normalized spacial score (nSPS) is 11.6. The second-order valence-corrected chi connectivity index (χ2v) is 5.03. The van der Waals surface area contributed by atoms with Crippen LogP contribution in [0.15, 0.2) is 4.34 Å². The van der Waals surface area contributed by atoms with E-state index in [1.54, 1.807) is 0 Å². The molecule has 7 heteroatoms. The van der Waals surface area contributed by atoms with Gasteiger partial charge in [0.05, 0.1) is 13.0 Å². The fourth-order valence-corrected chi connectivity index (χ4v) is 2.48. The van der Waals surface area contributed by atoms with Crippen LogP contribution in [0, 0.1) is 53.2 Å². The van der Waals surface area contributed by atoms with Crippen LogP contribution in [0.5, 0.6) is 0 Å². The van der Waals surface area contributed by atoms with Gasteiger partial charge in [-0.2, -0.15) is 5.10 Å². The average molecular weight is 382 g/mol. The van der Waals surface area contributed by atoms with Crippen LogP contribution in [0.2, 0.25) is 0 Å². The molecule has 4 nitrogen and oxygen atoms in total. The average Bonchev–Trinajstić information content (AvgIpc) is 2.59. The number of carbonyl (C=O) groups is 1. The Bertz CT molecular complexity index is 319. The number of nitrogens with zero attached hydrogens (tertiary/aromatic N) is 2. The second kappa shape index (κ2) is 7.80. The summed E-state index contributed by atoms with van der Waals surface area (Å²) in [6.45, 7) is 5.48. The molecule has 0 radical (unpaired) electrons. The molecule has 1 atom stereocenters. The molecule has 15 heavy (non-hydrogen) atoms. The number of rotatable bonds is 4. The van der Waals surface area contributed by atoms with Crippen LogP contribution in [0.1, 0.15) is 11.9 Å². The Balaban J connectivity index is 0.00000196. The van der Waals surface area contributed by atoms with E-state index in [2.05, 4.69) is 21.9 Å². The van der Waals surface area contributed by atoms with E-state index >= 15 is 0 Å². The minimum absolute atomic E-state index is 0. The Morgan fingerprint density at radius 2 is 2.33 bits per heavy atom. The first-order valence-corrected chi connectivity index (χ1v) is 5.79. The van der Waals surface area contributed by atoms with Gasteiger partial charge in [0.1, 0.15) is 0 Å². The number of methoxy groups -OCH3 is 1. The smallest absolute Gasteiger partial charge is 0.309 e. The van der Waals surface area contributed by atoms with Gasteiger partial charge in [0, 0.05) is 46.1 Å². The molecule has 84 valence electrons. The first kappa shape index (κ1) is 15.6. The van der Waals surface area contributed by atoms with Crippen molar-refractivity contribution in [3.63, 3.8) is 0 Å². The molecule has 0 aliphatic rings. The molecular formula is C8H11N2O2S2Sm-. The van der Waals surface area contributed by atoms with Crippen molar-refractivity contribution in [2.24, 2.45) is 5.92 Å². The largest absolute Gasteiger partial charge is 0.469 e. The number of hydrogen-bond donors (Lipinski definition) is 0. The molecule has 0 bridgehead atoms. The summed E-state index contributed by atoms with van der Waals surface area (Å²) < 4.78 is 5.45. The van der Waals surface area contributed by atoms with E-state index in [1.165, 1.54) is 30.2 Å². The third-order valence-electron chi connectivity index (χ3n) is 1.51. The number of aromatic nitrogens is 2. The number of hydrogen-bond acceptors (Lipinski definition) is 6. The fraction of sp³-hybridized carbons (Fsp3) is 0.500. The van der Waals surface area contributed by atoms with Crippen molar-refractivity contribution >= 4 is 29.1 Å². The predicted molar refractivity (Wildman–Crippen MR) is 56.3 cm³/mol. The molecule has 0 amide bonds. The first-order chi connectivity index (χ1) is 6.63. The van der Waals surface area contributed by atoms with E-state index < -0.39 is 0 Å². The van der Waals surface area contributed by atoms with Crippen molar-refractivity contribution in [1.29, 1.82) is 0 Å². The number of ether oxygens (including phenoxy) is 1. The van der Waals surface area contributed by atoms with Crippen LogP contribution >= 0.6 is 23.1 Å². The summed E-state index contributed by atoms with van der Waals surface area (Å²) in [4.78, 5) is 11.1. The van der Waals surface area contributed by atoms with E-state index in [0.717, 1.165) is 4.34 Å². The van der Waals surface area contributed by atoms with Crippen LogP contribution < -0.4 is 0 Å². The van der Waals surface area contributed by atoms with Gasteiger partial charge in [-0.15, -0.1) is 16.4 Å². The molecule has 0 N–H and O–H groups in total. The van der Waals surface area contributed by atoms with Crippen LogP contribution in [0.25, 0.3) is 0 Å². The summed E-state index contributed by atoms with van der Waals surface area (Å²) in [7, 11) is 1.39. The zero-order valence-electron chi connectivity index (χ0n) is 8.43. The molecule has 1 heterocycles. The van der Waals surface area contributed by atoms with Gasteiger partial charge in [-0.3, -0.25) is 4.79 Å². The topological polar surface area (TPSA) is 52.1 Å². The Labute approximate surface area is 130 Å². The molecule has 1 rings (SSSR count). The number of esters is 1. The summed E-state index contributed by atoms with van der Waals surface area (Å²) >= 11 is 2.92. The van der Waals surface area contributed by atoms with Gasteiger partial charge in [0.25, 0.3) is 0 Å². The zero-order valence-corrected chi connectivity index (χ0v) is 12.7. The zero-order chi connectivity index (χ0) is 10.6. The molecule has 1 aromatic rings. The molecule has 1 unspecified atom stereocenters. The minimum Gasteiger partial charge on any atom is -0.469 e. The first-order valence-electron chi connectivity index (χ1n) is 3.99. The summed E-state index contributed by atoms with van der Waals surface area (Å²) in [6, 6.07) is 0. The molecule has 0 aromatic carbocycles. The maximum Gasteiger partial charge on any atom is 0.309 e. The number of thioether (sulfide) groups is 1. The molecule has 1 aromatic heterocycles. The number of carbonyl (C=O) groups excluding carboxylic acids is 1. The quantitative estimate of drug-likeness (QED) is 0.451. The van der Waals surface area contributed by atoms with Gasteiger partial charge in [-0.25, -0.2) is 0 Å². The van der Waals surface area contributed by atoms with Crippen molar-refractivity contribution in [2.75, 3.05) is 12.9 Å². The SMILES string of the molecule is [CH2-]c1nnc(SCC(C)C(=O)OC)s1.[Sm]. The van der Waals surface area contributed by atoms with E-state index in [-0.39, 0.29) is 52.3 Å². The third-order valence-corrected chi connectivity index (χ3v) is 3.68. The predicted octanol–water partition coefficient (Wildman–Crippen LogP) is 1.62. The molecule has 0 aliphatic heterocycles. The Kier molecular flexibility index (Phi) is 8.10. The van der Waals surface area contributed by atoms with Gasteiger partial charge >= 0.3 is 5.97 Å². The Morgan fingerprint density at radius 1 is 1.67 bits per heavy atom. The van der Waals surface area contributed by atoms with E-state index in [9.17, 15) is 4.79 Å². The van der Waals surface area contributed by atoms with Crippen LogP contribution in [-0.2, 0) is 9.53 Å². The van der Waals surface area contributed by atoms with Gasteiger partial charge in [0.2, 0.25) is 0 Å².